The highest BCUT2D eigenvalue weighted by Gasteiger charge is 2.27. The minimum atomic E-state index is -0.121. The molecule has 0 aliphatic carbocycles. The van der Waals surface area contributed by atoms with Crippen LogP contribution in [0.3, 0.4) is 0 Å². The van der Waals surface area contributed by atoms with Gasteiger partial charge in [0.1, 0.15) is 0 Å². The fraction of sp³-hybridized carbons (Fsp3) is 0.867. The van der Waals surface area contributed by atoms with Gasteiger partial charge in [0.05, 0.1) is 6.54 Å². The number of amides is 2. The van der Waals surface area contributed by atoms with Crippen LogP contribution in [-0.4, -0.2) is 54.3 Å². The molecule has 1 unspecified atom stereocenters. The summed E-state index contributed by atoms with van der Waals surface area (Å²) in [6.07, 6.45) is 2.47. The molecule has 2 amide bonds. The SMILES string of the molecule is CC(C)CC(C)N(C)CC(=O)N1CCC(C(=O)NN)CC1. The Hall–Kier alpha value is -1.14. The molecule has 122 valence electrons. The van der Waals surface area contributed by atoms with Gasteiger partial charge in [0.15, 0.2) is 0 Å². The molecular formula is C15H30N4O2. The summed E-state index contributed by atoms with van der Waals surface area (Å²) >= 11 is 0. The molecule has 3 N–H and O–H groups in total. The fourth-order valence-corrected chi connectivity index (χ4v) is 2.84. The number of hydrazine groups is 1. The number of nitrogens with zero attached hydrogens (tertiary/aromatic N) is 2. The summed E-state index contributed by atoms with van der Waals surface area (Å²) in [5.41, 5.74) is 2.19. The molecule has 1 aliphatic rings. The van der Waals surface area contributed by atoms with E-state index in [2.05, 4.69) is 31.1 Å². The fourth-order valence-electron chi connectivity index (χ4n) is 2.84. The van der Waals surface area contributed by atoms with Gasteiger partial charge in [-0.25, -0.2) is 5.84 Å². The van der Waals surface area contributed by atoms with E-state index in [-0.39, 0.29) is 17.7 Å². The molecule has 0 spiro atoms. The molecule has 1 saturated heterocycles. The van der Waals surface area contributed by atoms with E-state index in [1.807, 2.05) is 11.9 Å². The molecule has 0 bridgehead atoms. The van der Waals surface area contributed by atoms with E-state index in [4.69, 9.17) is 5.84 Å². The summed E-state index contributed by atoms with van der Waals surface area (Å²) in [4.78, 5) is 27.7. The minimum absolute atomic E-state index is 0.0587. The van der Waals surface area contributed by atoms with Crippen LogP contribution < -0.4 is 11.3 Å². The average Bonchev–Trinajstić information content (AvgIpc) is 2.45. The third-order valence-corrected chi connectivity index (χ3v) is 4.31. The number of carbonyl (C=O) groups excluding carboxylic acids is 2. The molecule has 0 radical (unpaired) electrons. The molecule has 1 fully saturated rings. The van der Waals surface area contributed by atoms with Crippen LogP contribution in [0.5, 0.6) is 0 Å². The zero-order valence-corrected chi connectivity index (χ0v) is 13.8. The molecule has 0 aromatic heterocycles. The maximum Gasteiger partial charge on any atom is 0.237 e. The van der Waals surface area contributed by atoms with Crippen LogP contribution in [0.4, 0.5) is 0 Å². The summed E-state index contributed by atoms with van der Waals surface area (Å²) in [5.74, 6) is 5.75. The number of hydrogen-bond acceptors (Lipinski definition) is 4. The Bertz CT molecular complexity index is 352. The van der Waals surface area contributed by atoms with Crippen LogP contribution in [0.2, 0.25) is 0 Å². The van der Waals surface area contributed by atoms with Crippen LogP contribution in [-0.2, 0) is 9.59 Å². The van der Waals surface area contributed by atoms with Crippen molar-refractivity contribution >= 4 is 11.8 Å². The number of likely N-dealkylation sites (tertiary alicyclic amines) is 1. The normalized spacial score (nSPS) is 18.1. The number of hydrogen-bond donors (Lipinski definition) is 2. The van der Waals surface area contributed by atoms with Gasteiger partial charge in [0.25, 0.3) is 0 Å². The summed E-state index contributed by atoms with van der Waals surface area (Å²) < 4.78 is 0. The predicted octanol–water partition coefficient (Wildman–Crippen LogP) is 0.581. The molecule has 1 heterocycles. The largest absolute Gasteiger partial charge is 0.342 e. The first-order valence-electron chi connectivity index (χ1n) is 7.83. The third-order valence-electron chi connectivity index (χ3n) is 4.31. The minimum Gasteiger partial charge on any atom is -0.342 e. The molecule has 0 saturated carbocycles. The van der Waals surface area contributed by atoms with E-state index in [1.165, 1.54) is 0 Å². The zero-order chi connectivity index (χ0) is 16.0. The number of carbonyl (C=O) groups is 2. The first kappa shape index (κ1) is 17.9. The van der Waals surface area contributed by atoms with Crippen LogP contribution in [0.1, 0.15) is 40.0 Å². The number of nitrogens with two attached hydrogens (primary N) is 1. The van der Waals surface area contributed by atoms with Crippen LogP contribution >= 0.6 is 0 Å². The number of rotatable bonds is 6. The first-order valence-corrected chi connectivity index (χ1v) is 7.83. The van der Waals surface area contributed by atoms with E-state index >= 15 is 0 Å². The zero-order valence-electron chi connectivity index (χ0n) is 13.8. The highest BCUT2D eigenvalue weighted by atomic mass is 16.2. The van der Waals surface area contributed by atoms with Gasteiger partial charge in [-0.3, -0.25) is 19.9 Å². The van der Waals surface area contributed by atoms with Gasteiger partial charge < -0.3 is 4.90 Å². The van der Waals surface area contributed by atoms with Crippen LogP contribution in [0.15, 0.2) is 0 Å². The van der Waals surface area contributed by atoms with Gasteiger partial charge in [-0.1, -0.05) is 13.8 Å². The van der Waals surface area contributed by atoms with Crippen molar-refractivity contribution in [3.63, 3.8) is 0 Å². The first-order chi connectivity index (χ1) is 9.85. The monoisotopic (exact) mass is 298 g/mol. The van der Waals surface area contributed by atoms with Gasteiger partial charge in [0, 0.05) is 25.0 Å². The maximum absolute atomic E-state index is 12.3. The van der Waals surface area contributed by atoms with Crippen molar-refractivity contribution in [2.45, 2.75) is 46.1 Å². The molecule has 0 aromatic carbocycles. The van der Waals surface area contributed by atoms with Crippen molar-refractivity contribution in [1.82, 2.24) is 15.2 Å². The van der Waals surface area contributed by atoms with E-state index in [1.54, 1.807) is 0 Å². The van der Waals surface area contributed by atoms with Crippen molar-refractivity contribution in [2.75, 3.05) is 26.7 Å². The molecule has 21 heavy (non-hydrogen) atoms. The second-order valence-corrected chi connectivity index (χ2v) is 6.56. The van der Waals surface area contributed by atoms with Gasteiger partial charge in [-0.05, 0) is 39.2 Å². The van der Waals surface area contributed by atoms with Crippen molar-refractivity contribution in [3.8, 4) is 0 Å². The second kappa shape index (κ2) is 8.34. The Morgan fingerprint density at radius 2 is 1.86 bits per heavy atom. The third kappa shape index (κ3) is 5.63. The Morgan fingerprint density at radius 3 is 2.33 bits per heavy atom. The predicted molar refractivity (Wildman–Crippen MR) is 83.2 cm³/mol. The summed E-state index contributed by atoms with van der Waals surface area (Å²) in [7, 11) is 2.00. The molecule has 1 atom stereocenters. The lowest BCUT2D eigenvalue weighted by Gasteiger charge is -2.33. The average molecular weight is 298 g/mol. The Balaban J connectivity index is 2.38. The van der Waals surface area contributed by atoms with Crippen LogP contribution in [0, 0.1) is 11.8 Å². The van der Waals surface area contributed by atoms with Gasteiger partial charge in [-0.15, -0.1) is 0 Å². The van der Waals surface area contributed by atoms with Gasteiger partial charge in [0.2, 0.25) is 11.8 Å². The summed E-state index contributed by atoms with van der Waals surface area (Å²) in [6.45, 7) is 8.28. The number of piperidine rings is 1. The summed E-state index contributed by atoms with van der Waals surface area (Å²) in [6, 6.07) is 0.398. The lowest BCUT2D eigenvalue weighted by molar-refractivity contribution is -0.136. The summed E-state index contributed by atoms with van der Waals surface area (Å²) in [5, 5.41) is 0. The number of likely N-dealkylation sites (N-methyl/N-ethyl adjacent to an activating group) is 1. The molecule has 6 heteroatoms. The Morgan fingerprint density at radius 1 is 1.29 bits per heavy atom. The van der Waals surface area contributed by atoms with Gasteiger partial charge >= 0.3 is 0 Å². The lowest BCUT2D eigenvalue weighted by atomic mass is 9.96. The van der Waals surface area contributed by atoms with E-state index in [0.717, 1.165) is 6.42 Å². The van der Waals surface area contributed by atoms with E-state index < -0.39 is 0 Å². The molecule has 0 aromatic rings. The highest BCUT2D eigenvalue weighted by Crippen LogP contribution is 2.17. The van der Waals surface area contributed by atoms with Crippen molar-refractivity contribution in [3.05, 3.63) is 0 Å². The smallest absolute Gasteiger partial charge is 0.237 e. The van der Waals surface area contributed by atoms with Crippen LogP contribution in [0.25, 0.3) is 0 Å². The Kier molecular flexibility index (Phi) is 7.11. The number of nitrogens with one attached hydrogen (secondary N) is 1. The topological polar surface area (TPSA) is 78.7 Å². The lowest BCUT2D eigenvalue weighted by Crippen LogP contribution is -2.47. The maximum atomic E-state index is 12.3. The quantitative estimate of drug-likeness (QED) is 0.427. The molecule has 1 rings (SSSR count). The van der Waals surface area contributed by atoms with Crippen molar-refractivity contribution in [1.29, 1.82) is 0 Å². The highest BCUT2D eigenvalue weighted by molar-refractivity contribution is 5.80. The van der Waals surface area contributed by atoms with E-state index in [9.17, 15) is 9.59 Å². The van der Waals surface area contributed by atoms with Crippen molar-refractivity contribution in [2.24, 2.45) is 17.7 Å². The Labute approximate surface area is 128 Å². The van der Waals surface area contributed by atoms with Crippen molar-refractivity contribution < 1.29 is 9.59 Å². The van der Waals surface area contributed by atoms with Gasteiger partial charge in [-0.2, -0.15) is 0 Å². The standard InChI is InChI=1S/C15H30N4O2/c1-11(2)9-12(3)18(4)10-14(20)19-7-5-13(6-8-19)15(21)17-16/h11-13H,5-10,16H2,1-4H3,(H,17,21). The molecular weight excluding hydrogens is 268 g/mol. The molecule has 6 nitrogen and oxygen atoms in total. The van der Waals surface area contributed by atoms with E-state index in [0.29, 0.717) is 44.4 Å². The molecule has 1 aliphatic heterocycles. The second-order valence-electron chi connectivity index (χ2n) is 6.56.